The molecule has 8 heteroatoms. The van der Waals surface area contributed by atoms with Crippen molar-refractivity contribution in [2.75, 3.05) is 12.4 Å². The Kier molecular flexibility index (Phi) is 4.38. The highest BCUT2D eigenvalue weighted by molar-refractivity contribution is 7.15. The SMILES string of the molecule is COc1ccc(-c2csc3nc(Nc4cc(-c5ccccc5)ncn4)nn23)cc1. The lowest BCUT2D eigenvalue weighted by Gasteiger charge is -2.04. The Hall–Kier alpha value is -3.78. The average Bonchev–Trinajstić information content (AvgIpc) is 3.35. The molecular formula is C21H16N6OS. The van der Waals surface area contributed by atoms with E-state index in [2.05, 4.69) is 25.4 Å². The fourth-order valence-corrected chi connectivity index (χ4v) is 3.83. The second kappa shape index (κ2) is 7.33. The Labute approximate surface area is 170 Å². The van der Waals surface area contributed by atoms with Gasteiger partial charge in [-0.2, -0.15) is 4.98 Å². The zero-order valence-corrected chi connectivity index (χ0v) is 16.3. The molecule has 0 radical (unpaired) electrons. The van der Waals surface area contributed by atoms with E-state index in [-0.39, 0.29) is 0 Å². The molecule has 0 saturated heterocycles. The van der Waals surface area contributed by atoms with Gasteiger partial charge in [0.2, 0.25) is 10.9 Å². The second-order valence-electron chi connectivity index (χ2n) is 6.26. The molecule has 0 saturated carbocycles. The van der Waals surface area contributed by atoms with Crippen LogP contribution in [0, 0.1) is 0 Å². The molecular weight excluding hydrogens is 384 g/mol. The van der Waals surface area contributed by atoms with Crippen LogP contribution in [-0.2, 0) is 0 Å². The maximum absolute atomic E-state index is 5.23. The van der Waals surface area contributed by atoms with Crippen LogP contribution >= 0.6 is 11.3 Å². The molecule has 0 atom stereocenters. The van der Waals surface area contributed by atoms with Crippen LogP contribution in [0.3, 0.4) is 0 Å². The number of benzene rings is 2. The molecule has 0 fully saturated rings. The highest BCUT2D eigenvalue weighted by atomic mass is 32.1. The molecule has 0 unspecified atom stereocenters. The van der Waals surface area contributed by atoms with Crippen molar-refractivity contribution >= 4 is 28.1 Å². The fraction of sp³-hybridized carbons (Fsp3) is 0.0476. The van der Waals surface area contributed by atoms with Crippen LogP contribution in [0.25, 0.3) is 27.5 Å². The Morgan fingerprint density at radius 1 is 0.966 bits per heavy atom. The minimum atomic E-state index is 0.490. The molecule has 1 N–H and O–H groups in total. The van der Waals surface area contributed by atoms with Crippen molar-refractivity contribution in [3.05, 3.63) is 72.4 Å². The second-order valence-corrected chi connectivity index (χ2v) is 7.10. The minimum Gasteiger partial charge on any atom is -0.497 e. The van der Waals surface area contributed by atoms with Gasteiger partial charge in [-0.05, 0) is 24.3 Å². The van der Waals surface area contributed by atoms with Gasteiger partial charge in [-0.25, -0.2) is 14.5 Å². The van der Waals surface area contributed by atoms with E-state index in [0.29, 0.717) is 11.8 Å². The minimum absolute atomic E-state index is 0.490. The number of fused-ring (bicyclic) bond motifs is 1. The molecule has 0 spiro atoms. The summed E-state index contributed by atoms with van der Waals surface area (Å²) in [4.78, 5) is 14.0. The molecule has 0 aliphatic heterocycles. The van der Waals surface area contributed by atoms with E-state index < -0.39 is 0 Å². The summed E-state index contributed by atoms with van der Waals surface area (Å²) < 4.78 is 7.06. The number of nitrogens with zero attached hydrogens (tertiary/aromatic N) is 5. The van der Waals surface area contributed by atoms with Crippen LogP contribution in [0.15, 0.2) is 72.4 Å². The maximum atomic E-state index is 5.23. The third-order valence-corrected chi connectivity index (χ3v) is 5.26. The van der Waals surface area contributed by atoms with E-state index in [1.54, 1.807) is 7.11 Å². The smallest absolute Gasteiger partial charge is 0.249 e. The highest BCUT2D eigenvalue weighted by Crippen LogP contribution is 2.28. The Morgan fingerprint density at radius 2 is 1.79 bits per heavy atom. The van der Waals surface area contributed by atoms with E-state index in [4.69, 9.17) is 4.74 Å². The van der Waals surface area contributed by atoms with Crippen molar-refractivity contribution in [3.63, 3.8) is 0 Å². The zero-order chi connectivity index (χ0) is 19.6. The molecule has 3 aromatic heterocycles. The highest BCUT2D eigenvalue weighted by Gasteiger charge is 2.12. The van der Waals surface area contributed by atoms with Gasteiger partial charge in [0.1, 0.15) is 17.9 Å². The molecule has 0 aliphatic rings. The molecule has 0 amide bonds. The van der Waals surface area contributed by atoms with Gasteiger partial charge in [0.15, 0.2) is 0 Å². The van der Waals surface area contributed by atoms with E-state index in [0.717, 1.165) is 33.2 Å². The maximum Gasteiger partial charge on any atom is 0.249 e. The monoisotopic (exact) mass is 400 g/mol. The number of ether oxygens (including phenoxy) is 1. The normalized spacial score (nSPS) is 10.9. The summed E-state index contributed by atoms with van der Waals surface area (Å²) in [7, 11) is 1.66. The number of nitrogens with one attached hydrogen (secondary N) is 1. The number of anilines is 2. The van der Waals surface area contributed by atoms with E-state index in [9.17, 15) is 0 Å². The summed E-state index contributed by atoms with van der Waals surface area (Å²) in [6.07, 6.45) is 1.53. The summed E-state index contributed by atoms with van der Waals surface area (Å²) >= 11 is 1.54. The van der Waals surface area contributed by atoms with Crippen LogP contribution in [0.4, 0.5) is 11.8 Å². The van der Waals surface area contributed by atoms with E-state index >= 15 is 0 Å². The number of rotatable bonds is 5. The lowest BCUT2D eigenvalue weighted by molar-refractivity contribution is 0.415. The van der Waals surface area contributed by atoms with Gasteiger partial charge in [-0.3, -0.25) is 0 Å². The number of hydrogen-bond donors (Lipinski definition) is 1. The van der Waals surface area contributed by atoms with Crippen LogP contribution in [0.1, 0.15) is 0 Å². The molecule has 0 bridgehead atoms. The first-order valence-electron chi connectivity index (χ1n) is 8.93. The summed E-state index contributed by atoms with van der Waals surface area (Å²) in [5.74, 6) is 1.95. The molecule has 29 heavy (non-hydrogen) atoms. The van der Waals surface area contributed by atoms with Crippen LogP contribution in [0.5, 0.6) is 5.75 Å². The van der Waals surface area contributed by atoms with Gasteiger partial charge >= 0.3 is 0 Å². The average molecular weight is 400 g/mol. The first-order chi connectivity index (χ1) is 14.3. The van der Waals surface area contributed by atoms with E-state index in [1.165, 1.54) is 17.7 Å². The van der Waals surface area contributed by atoms with Crippen LogP contribution in [0.2, 0.25) is 0 Å². The molecule has 142 valence electrons. The third kappa shape index (κ3) is 3.41. The molecule has 5 rings (SSSR count). The Morgan fingerprint density at radius 3 is 2.59 bits per heavy atom. The van der Waals surface area contributed by atoms with Gasteiger partial charge in [-0.15, -0.1) is 16.4 Å². The van der Waals surface area contributed by atoms with Crippen molar-refractivity contribution < 1.29 is 4.74 Å². The fourth-order valence-electron chi connectivity index (χ4n) is 3.00. The number of hydrogen-bond acceptors (Lipinski definition) is 7. The third-order valence-electron chi connectivity index (χ3n) is 4.44. The topological polar surface area (TPSA) is 77.2 Å². The van der Waals surface area contributed by atoms with Crippen molar-refractivity contribution in [1.29, 1.82) is 0 Å². The standard InChI is InChI=1S/C21H16N6OS/c1-28-16-9-7-15(8-10-16)18-12-29-21-25-20(26-27(18)21)24-19-11-17(22-13-23-19)14-5-3-2-4-6-14/h2-13H,1H3,(H,22,23,24,26). The van der Waals surface area contributed by atoms with E-state index in [1.807, 2.05) is 70.6 Å². The quantitative estimate of drug-likeness (QED) is 0.462. The van der Waals surface area contributed by atoms with Gasteiger partial charge in [-0.1, -0.05) is 30.3 Å². The van der Waals surface area contributed by atoms with Gasteiger partial charge < -0.3 is 10.1 Å². The summed E-state index contributed by atoms with van der Waals surface area (Å²) in [6, 6.07) is 19.7. The first kappa shape index (κ1) is 17.3. The van der Waals surface area contributed by atoms with Crippen LogP contribution in [-0.4, -0.2) is 31.7 Å². The van der Waals surface area contributed by atoms with Crippen molar-refractivity contribution in [3.8, 4) is 28.3 Å². The Bertz CT molecular complexity index is 1260. The zero-order valence-electron chi connectivity index (χ0n) is 15.5. The van der Waals surface area contributed by atoms with Gasteiger partial charge in [0, 0.05) is 22.6 Å². The largest absolute Gasteiger partial charge is 0.497 e. The number of thiazole rings is 1. The van der Waals surface area contributed by atoms with Gasteiger partial charge in [0.25, 0.3) is 0 Å². The summed E-state index contributed by atoms with van der Waals surface area (Å²) in [6.45, 7) is 0. The molecule has 2 aromatic carbocycles. The summed E-state index contributed by atoms with van der Waals surface area (Å²) in [5, 5.41) is 9.82. The lowest BCUT2D eigenvalue weighted by atomic mass is 10.1. The number of methoxy groups -OCH3 is 1. The lowest BCUT2D eigenvalue weighted by Crippen LogP contribution is -1.98. The van der Waals surface area contributed by atoms with Crippen LogP contribution < -0.4 is 10.1 Å². The predicted octanol–water partition coefficient (Wildman–Crippen LogP) is 4.67. The van der Waals surface area contributed by atoms with Gasteiger partial charge in [0.05, 0.1) is 18.5 Å². The predicted molar refractivity (Wildman–Crippen MR) is 114 cm³/mol. The number of aromatic nitrogens is 5. The first-order valence-corrected chi connectivity index (χ1v) is 9.81. The molecule has 0 aliphatic carbocycles. The van der Waals surface area contributed by atoms with Crippen molar-refractivity contribution in [1.82, 2.24) is 24.6 Å². The molecule has 5 aromatic rings. The Balaban J connectivity index is 1.44. The van der Waals surface area contributed by atoms with Crippen molar-refractivity contribution in [2.24, 2.45) is 0 Å². The van der Waals surface area contributed by atoms with Crippen molar-refractivity contribution in [2.45, 2.75) is 0 Å². The molecule has 3 heterocycles. The molecule has 7 nitrogen and oxygen atoms in total. The summed E-state index contributed by atoms with van der Waals surface area (Å²) in [5.41, 5.74) is 3.88.